The predicted molar refractivity (Wildman–Crippen MR) is 119 cm³/mol. The second-order valence-electron chi connectivity index (χ2n) is 8.44. The number of benzene rings is 2. The van der Waals surface area contributed by atoms with Crippen molar-refractivity contribution < 1.29 is 19.4 Å². The monoisotopic (exact) mass is 410 g/mol. The highest BCUT2D eigenvalue weighted by Gasteiger charge is 2.26. The summed E-state index contributed by atoms with van der Waals surface area (Å²) >= 11 is 0. The summed E-state index contributed by atoms with van der Waals surface area (Å²) in [6.07, 6.45) is 0. The Labute approximate surface area is 179 Å². The molecular weight excluding hydrogens is 376 g/mol. The van der Waals surface area contributed by atoms with Crippen molar-refractivity contribution in [2.45, 2.75) is 20.4 Å². The average Bonchev–Trinajstić information content (AvgIpc) is 2.72. The van der Waals surface area contributed by atoms with E-state index in [1.54, 1.807) is 11.9 Å². The number of nitrogens with one attached hydrogen (secondary N) is 3. The third kappa shape index (κ3) is 6.40. The number of hydrogen-bond donors (Lipinski definition) is 3. The van der Waals surface area contributed by atoms with Gasteiger partial charge in [-0.05, 0) is 31.5 Å². The maximum atomic E-state index is 12.6. The van der Waals surface area contributed by atoms with Crippen molar-refractivity contribution in [1.29, 1.82) is 0 Å². The molecule has 0 spiro atoms. The lowest BCUT2D eigenvalue weighted by Gasteiger charge is -2.30. The van der Waals surface area contributed by atoms with Gasteiger partial charge in [-0.2, -0.15) is 0 Å². The molecule has 0 saturated carbocycles. The quantitative estimate of drug-likeness (QED) is 0.586. The third-order valence-electron chi connectivity index (χ3n) is 5.91. The molecule has 6 heteroatoms. The Kier molecular flexibility index (Phi) is 7.60. The van der Waals surface area contributed by atoms with Gasteiger partial charge < -0.3 is 20.0 Å². The van der Waals surface area contributed by atoms with Crippen LogP contribution in [0.15, 0.2) is 48.5 Å². The summed E-state index contributed by atoms with van der Waals surface area (Å²) in [5, 5.41) is 2.85. The molecule has 160 valence electrons. The van der Waals surface area contributed by atoms with Crippen molar-refractivity contribution in [2.24, 2.45) is 0 Å². The Morgan fingerprint density at radius 1 is 0.933 bits per heavy atom. The van der Waals surface area contributed by atoms with Crippen molar-refractivity contribution in [3.63, 3.8) is 0 Å². The summed E-state index contributed by atoms with van der Waals surface area (Å²) < 4.78 is 0. The van der Waals surface area contributed by atoms with E-state index in [1.807, 2.05) is 31.2 Å². The summed E-state index contributed by atoms with van der Waals surface area (Å²) in [4.78, 5) is 29.2. The fourth-order valence-corrected chi connectivity index (χ4v) is 3.88. The normalized spacial score (nSPS) is 18.6. The fourth-order valence-electron chi connectivity index (χ4n) is 3.88. The SMILES string of the molecule is Cc1ccc(NC(=O)CN(C)C(=O)C[NH+]2CC[NH+](Cc3ccccc3C)CC2)cc1. The number of likely N-dealkylation sites (N-methyl/N-ethyl adjacent to an activating group) is 1. The fraction of sp³-hybridized carbons (Fsp3) is 0.417. The maximum Gasteiger partial charge on any atom is 0.277 e. The van der Waals surface area contributed by atoms with Gasteiger partial charge in [0.25, 0.3) is 5.91 Å². The zero-order valence-electron chi connectivity index (χ0n) is 18.3. The molecule has 0 radical (unpaired) electrons. The Morgan fingerprint density at radius 2 is 1.57 bits per heavy atom. The largest absolute Gasteiger partial charge is 0.332 e. The van der Waals surface area contributed by atoms with Gasteiger partial charge in [-0.3, -0.25) is 9.59 Å². The number of amides is 2. The highest BCUT2D eigenvalue weighted by Crippen LogP contribution is 2.08. The van der Waals surface area contributed by atoms with Crippen LogP contribution < -0.4 is 15.1 Å². The summed E-state index contributed by atoms with van der Waals surface area (Å²) in [6, 6.07) is 16.2. The molecule has 1 saturated heterocycles. The van der Waals surface area contributed by atoms with Gasteiger partial charge in [0.05, 0.1) is 6.54 Å². The molecule has 1 heterocycles. The van der Waals surface area contributed by atoms with E-state index >= 15 is 0 Å². The number of hydrogen-bond acceptors (Lipinski definition) is 2. The molecule has 6 nitrogen and oxygen atoms in total. The topological polar surface area (TPSA) is 58.3 Å². The number of nitrogens with zero attached hydrogens (tertiary/aromatic N) is 1. The standard InChI is InChI=1S/C24H32N4O2/c1-19-8-10-22(11-9-19)25-23(29)17-26(3)24(30)18-28-14-12-27(13-15-28)16-21-7-5-4-6-20(21)2/h4-11H,12-18H2,1-3H3,(H,25,29)/p+2. The van der Waals surface area contributed by atoms with Crippen LogP contribution in [-0.4, -0.2) is 63.0 Å². The first-order valence-electron chi connectivity index (χ1n) is 10.7. The lowest BCUT2D eigenvalue weighted by molar-refractivity contribution is -1.02. The molecular formula is C24H34N4O2+2. The van der Waals surface area contributed by atoms with E-state index in [1.165, 1.54) is 20.9 Å². The molecule has 1 aliphatic heterocycles. The number of carbonyl (C=O) groups is 2. The Bertz CT molecular complexity index is 858. The zero-order valence-corrected chi connectivity index (χ0v) is 18.3. The number of carbonyl (C=O) groups excluding carboxylic acids is 2. The van der Waals surface area contributed by atoms with Crippen molar-refractivity contribution in [2.75, 3.05) is 51.6 Å². The van der Waals surface area contributed by atoms with Crippen molar-refractivity contribution in [3.8, 4) is 0 Å². The number of rotatable bonds is 7. The van der Waals surface area contributed by atoms with Gasteiger partial charge in [-0.1, -0.05) is 42.0 Å². The van der Waals surface area contributed by atoms with Crippen LogP contribution in [-0.2, 0) is 16.1 Å². The highest BCUT2D eigenvalue weighted by molar-refractivity contribution is 5.94. The summed E-state index contributed by atoms with van der Waals surface area (Å²) in [7, 11) is 1.70. The van der Waals surface area contributed by atoms with E-state index in [0.29, 0.717) is 6.54 Å². The molecule has 0 atom stereocenters. The van der Waals surface area contributed by atoms with E-state index < -0.39 is 0 Å². The van der Waals surface area contributed by atoms with Gasteiger partial charge in [0.1, 0.15) is 32.7 Å². The smallest absolute Gasteiger partial charge is 0.277 e. The van der Waals surface area contributed by atoms with Crippen molar-refractivity contribution in [1.82, 2.24) is 4.90 Å². The molecule has 0 unspecified atom stereocenters. The van der Waals surface area contributed by atoms with Gasteiger partial charge in [0, 0.05) is 18.3 Å². The first-order chi connectivity index (χ1) is 14.4. The summed E-state index contributed by atoms with van der Waals surface area (Å²) in [5.74, 6) is -0.149. The molecule has 0 aromatic heterocycles. The minimum Gasteiger partial charge on any atom is -0.332 e. The molecule has 3 rings (SSSR count). The second-order valence-corrected chi connectivity index (χ2v) is 8.44. The zero-order chi connectivity index (χ0) is 21.5. The van der Waals surface area contributed by atoms with Gasteiger partial charge in [0.2, 0.25) is 5.91 Å². The first kappa shape index (κ1) is 22.0. The summed E-state index contributed by atoms with van der Waals surface area (Å²) in [5.41, 5.74) is 4.65. The van der Waals surface area contributed by atoms with Crippen LogP contribution in [0.1, 0.15) is 16.7 Å². The van der Waals surface area contributed by atoms with Gasteiger partial charge >= 0.3 is 0 Å². The van der Waals surface area contributed by atoms with Crippen molar-refractivity contribution in [3.05, 3.63) is 65.2 Å². The molecule has 0 aliphatic carbocycles. The van der Waals surface area contributed by atoms with E-state index in [0.717, 1.165) is 44.0 Å². The van der Waals surface area contributed by atoms with Crippen LogP contribution >= 0.6 is 0 Å². The highest BCUT2D eigenvalue weighted by atomic mass is 16.2. The molecule has 3 N–H and O–H groups in total. The molecule has 2 aromatic rings. The van der Waals surface area contributed by atoms with Gasteiger partial charge in [-0.25, -0.2) is 0 Å². The van der Waals surface area contributed by atoms with E-state index in [9.17, 15) is 9.59 Å². The maximum absolute atomic E-state index is 12.6. The van der Waals surface area contributed by atoms with Crippen LogP contribution in [0.5, 0.6) is 0 Å². The molecule has 30 heavy (non-hydrogen) atoms. The molecule has 2 aromatic carbocycles. The van der Waals surface area contributed by atoms with Crippen molar-refractivity contribution >= 4 is 17.5 Å². The van der Waals surface area contributed by atoms with E-state index in [4.69, 9.17) is 0 Å². The third-order valence-corrected chi connectivity index (χ3v) is 5.91. The molecule has 2 amide bonds. The molecule has 1 aliphatic rings. The Balaban J connectivity index is 1.40. The Hall–Kier alpha value is -2.70. The Morgan fingerprint density at radius 3 is 2.23 bits per heavy atom. The lowest BCUT2D eigenvalue weighted by Crippen LogP contribution is -3.28. The van der Waals surface area contributed by atoms with E-state index in [-0.39, 0.29) is 18.4 Å². The minimum atomic E-state index is -0.169. The van der Waals surface area contributed by atoms with Gasteiger partial charge in [0.15, 0.2) is 6.54 Å². The van der Waals surface area contributed by atoms with Crippen LogP contribution in [0.2, 0.25) is 0 Å². The average molecular weight is 411 g/mol. The van der Waals surface area contributed by atoms with Crippen LogP contribution in [0, 0.1) is 13.8 Å². The lowest BCUT2D eigenvalue weighted by atomic mass is 10.1. The second kappa shape index (κ2) is 10.4. The number of anilines is 1. The van der Waals surface area contributed by atoms with Crippen LogP contribution in [0.4, 0.5) is 5.69 Å². The van der Waals surface area contributed by atoms with E-state index in [2.05, 4.69) is 36.5 Å². The van der Waals surface area contributed by atoms with Crippen LogP contribution in [0.3, 0.4) is 0 Å². The number of aryl methyl sites for hydroxylation is 2. The summed E-state index contributed by atoms with van der Waals surface area (Å²) in [6.45, 7) is 9.84. The molecule has 1 fully saturated rings. The minimum absolute atomic E-state index is 0.0198. The molecule has 0 bridgehead atoms. The van der Waals surface area contributed by atoms with Crippen LogP contribution in [0.25, 0.3) is 0 Å². The first-order valence-corrected chi connectivity index (χ1v) is 10.7. The number of quaternary nitrogens is 2. The van der Waals surface area contributed by atoms with Gasteiger partial charge in [-0.15, -0.1) is 0 Å². The predicted octanol–water partition coefficient (Wildman–Crippen LogP) is -0.316. The number of piperazine rings is 1.